The standard InChI is InChI=1S/C20H32N2O4S/c1-14(2)17-9-6-10-18(15(3)4)20(17)22(27(5,24)25)13-19(23)21-12-16-8-7-11-26-16/h6,9-10,14-16H,7-8,11-13H2,1-5H3,(H,21,23). The number of rotatable bonds is 8. The number of carbonyl (C=O) groups is 1. The second kappa shape index (κ2) is 9.06. The Labute approximate surface area is 163 Å². The minimum absolute atomic E-state index is 0.0230. The Morgan fingerprint density at radius 2 is 1.81 bits per heavy atom. The number of carbonyl (C=O) groups excluding carboxylic acids is 1. The molecule has 1 heterocycles. The summed E-state index contributed by atoms with van der Waals surface area (Å²) in [4.78, 5) is 12.5. The molecule has 1 unspecified atom stereocenters. The molecule has 1 aromatic rings. The van der Waals surface area contributed by atoms with Gasteiger partial charge >= 0.3 is 0 Å². The first-order chi connectivity index (χ1) is 12.6. The largest absolute Gasteiger partial charge is 0.376 e. The summed E-state index contributed by atoms with van der Waals surface area (Å²) in [5, 5.41) is 2.82. The fourth-order valence-corrected chi connectivity index (χ4v) is 4.28. The Hall–Kier alpha value is -1.60. The zero-order valence-corrected chi connectivity index (χ0v) is 17.8. The minimum atomic E-state index is -3.62. The highest BCUT2D eigenvalue weighted by Gasteiger charge is 2.28. The van der Waals surface area contributed by atoms with Crippen molar-refractivity contribution in [3.8, 4) is 0 Å². The molecular weight excluding hydrogens is 364 g/mol. The molecule has 1 N–H and O–H groups in total. The summed E-state index contributed by atoms with van der Waals surface area (Å²) in [6.45, 7) is 9.02. The fourth-order valence-electron chi connectivity index (χ4n) is 3.38. The number of sulfonamides is 1. The van der Waals surface area contributed by atoms with Gasteiger partial charge in [-0.05, 0) is 35.8 Å². The number of para-hydroxylation sites is 1. The van der Waals surface area contributed by atoms with Crippen molar-refractivity contribution in [2.75, 3.05) is 30.3 Å². The van der Waals surface area contributed by atoms with Crippen LogP contribution in [0.1, 0.15) is 63.5 Å². The van der Waals surface area contributed by atoms with E-state index in [-0.39, 0.29) is 30.4 Å². The summed E-state index contributed by atoms with van der Waals surface area (Å²) < 4.78 is 32.0. The van der Waals surface area contributed by atoms with Gasteiger partial charge in [0, 0.05) is 13.2 Å². The summed E-state index contributed by atoms with van der Waals surface area (Å²) in [7, 11) is -3.62. The van der Waals surface area contributed by atoms with Gasteiger partial charge in [-0.25, -0.2) is 8.42 Å². The van der Waals surface area contributed by atoms with Crippen LogP contribution in [-0.2, 0) is 19.6 Å². The third kappa shape index (κ3) is 5.69. The predicted molar refractivity (Wildman–Crippen MR) is 109 cm³/mol. The molecule has 1 amide bonds. The molecule has 1 aliphatic heterocycles. The molecule has 0 saturated carbocycles. The van der Waals surface area contributed by atoms with E-state index in [2.05, 4.69) is 5.32 Å². The van der Waals surface area contributed by atoms with E-state index in [4.69, 9.17) is 4.74 Å². The molecule has 1 atom stereocenters. The van der Waals surface area contributed by atoms with Gasteiger partial charge in [0.2, 0.25) is 15.9 Å². The highest BCUT2D eigenvalue weighted by molar-refractivity contribution is 7.92. The van der Waals surface area contributed by atoms with E-state index in [1.807, 2.05) is 45.9 Å². The predicted octanol–water partition coefficient (Wildman–Crippen LogP) is 2.99. The van der Waals surface area contributed by atoms with Gasteiger partial charge < -0.3 is 10.1 Å². The zero-order chi connectivity index (χ0) is 20.2. The lowest BCUT2D eigenvalue weighted by Gasteiger charge is -2.29. The van der Waals surface area contributed by atoms with Crippen LogP contribution in [0.4, 0.5) is 5.69 Å². The summed E-state index contributed by atoms with van der Waals surface area (Å²) in [5.41, 5.74) is 2.49. The topological polar surface area (TPSA) is 75.7 Å². The molecule has 0 bridgehead atoms. The van der Waals surface area contributed by atoms with E-state index in [1.54, 1.807) is 0 Å². The first-order valence-electron chi connectivity index (χ1n) is 9.60. The van der Waals surface area contributed by atoms with Crippen molar-refractivity contribution in [1.29, 1.82) is 0 Å². The number of hydrogen-bond donors (Lipinski definition) is 1. The second-order valence-corrected chi connectivity index (χ2v) is 9.71. The number of nitrogens with one attached hydrogen (secondary N) is 1. The number of anilines is 1. The molecule has 2 rings (SSSR count). The van der Waals surface area contributed by atoms with Gasteiger partial charge in [0.25, 0.3) is 0 Å². The molecule has 0 aliphatic carbocycles. The van der Waals surface area contributed by atoms with Gasteiger partial charge in [-0.3, -0.25) is 9.10 Å². The van der Waals surface area contributed by atoms with Crippen LogP contribution in [0.2, 0.25) is 0 Å². The third-order valence-electron chi connectivity index (χ3n) is 4.83. The highest BCUT2D eigenvalue weighted by Crippen LogP contribution is 2.36. The van der Waals surface area contributed by atoms with Crippen molar-refractivity contribution < 1.29 is 17.9 Å². The summed E-state index contributed by atoms with van der Waals surface area (Å²) in [5.74, 6) is -0.0417. The Bertz CT molecular complexity index is 727. The Balaban J connectivity index is 2.32. The average molecular weight is 397 g/mol. The lowest BCUT2D eigenvalue weighted by atomic mass is 9.92. The number of benzene rings is 1. The molecule has 1 aromatic carbocycles. The van der Waals surface area contributed by atoms with Crippen molar-refractivity contribution >= 4 is 21.6 Å². The quantitative estimate of drug-likeness (QED) is 0.733. The van der Waals surface area contributed by atoms with Crippen molar-refractivity contribution in [2.45, 2.75) is 58.5 Å². The van der Waals surface area contributed by atoms with Crippen LogP contribution in [-0.4, -0.2) is 46.4 Å². The van der Waals surface area contributed by atoms with E-state index in [0.29, 0.717) is 12.2 Å². The highest BCUT2D eigenvalue weighted by atomic mass is 32.2. The first-order valence-corrected chi connectivity index (χ1v) is 11.4. The molecule has 0 spiro atoms. The number of hydrogen-bond acceptors (Lipinski definition) is 4. The van der Waals surface area contributed by atoms with Crippen LogP contribution in [0, 0.1) is 0 Å². The first kappa shape index (κ1) is 21.7. The Morgan fingerprint density at radius 3 is 2.26 bits per heavy atom. The Morgan fingerprint density at radius 1 is 1.22 bits per heavy atom. The summed E-state index contributed by atoms with van der Waals surface area (Å²) >= 11 is 0. The monoisotopic (exact) mass is 396 g/mol. The molecule has 1 saturated heterocycles. The zero-order valence-electron chi connectivity index (χ0n) is 17.0. The van der Waals surface area contributed by atoms with Crippen LogP contribution >= 0.6 is 0 Å². The van der Waals surface area contributed by atoms with Crippen LogP contribution in [0.5, 0.6) is 0 Å². The lowest BCUT2D eigenvalue weighted by molar-refractivity contribution is -0.120. The minimum Gasteiger partial charge on any atom is -0.376 e. The number of nitrogens with zero attached hydrogens (tertiary/aromatic N) is 1. The fraction of sp³-hybridized carbons (Fsp3) is 0.650. The van der Waals surface area contributed by atoms with Crippen LogP contribution in [0.3, 0.4) is 0 Å². The van der Waals surface area contributed by atoms with Crippen molar-refractivity contribution in [1.82, 2.24) is 5.32 Å². The molecule has 1 aliphatic rings. The van der Waals surface area contributed by atoms with Gasteiger partial charge in [-0.15, -0.1) is 0 Å². The SMILES string of the molecule is CC(C)c1cccc(C(C)C)c1N(CC(=O)NCC1CCCO1)S(C)(=O)=O. The maximum absolute atomic E-state index is 12.6. The van der Waals surface area contributed by atoms with Crippen LogP contribution < -0.4 is 9.62 Å². The molecule has 7 heteroatoms. The smallest absolute Gasteiger partial charge is 0.240 e. The van der Waals surface area contributed by atoms with E-state index < -0.39 is 10.0 Å². The average Bonchev–Trinajstić information content (AvgIpc) is 3.09. The second-order valence-electron chi connectivity index (χ2n) is 7.80. The van der Waals surface area contributed by atoms with Gasteiger partial charge in [-0.2, -0.15) is 0 Å². The number of amides is 1. The van der Waals surface area contributed by atoms with Gasteiger partial charge in [-0.1, -0.05) is 45.9 Å². The third-order valence-corrected chi connectivity index (χ3v) is 5.94. The number of ether oxygens (including phenoxy) is 1. The van der Waals surface area contributed by atoms with Gasteiger partial charge in [0.05, 0.1) is 18.0 Å². The Kier molecular flexibility index (Phi) is 7.28. The molecule has 1 fully saturated rings. The van der Waals surface area contributed by atoms with E-state index in [9.17, 15) is 13.2 Å². The van der Waals surface area contributed by atoms with Gasteiger partial charge in [0.15, 0.2) is 0 Å². The maximum atomic E-state index is 12.6. The van der Waals surface area contributed by atoms with E-state index in [0.717, 1.165) is 36.8 Å². The molecule has 0 radical (unpaired) electrons. The molecule has 152 valence electrons. The molecule has 0 aromatic heterocycles. The molecule has 27 heavy (non-hydrogen) atoms. The maximum Gasteiger partial charge on any atom is 0.240 e. The lowest BCUT2D eigenvalue weighted by Crippen LogP contribution is -2.43. The van der Waals surface area contributed by atoms with Gasteiger partial charge in [0.1, 0.15) is 6.54 Å². The molecular formula is C20H32N2O4S. The summed E-state index contributed by atoms with van der Waals surface area (Å²) in [6, 6.07) is 5.83. The van der Waals surface area contributed by atoms with Crippen molar-refractivity contribution in [3.05, 3.63) is 29.3 Å². The van der Waals surface area contributed by atoms with Crippen LogP contribution in [0.15, 0.2) is 18.2 Å². The van der Waals surface area contributed by atoms with Crippen molar-refractivity contribution in [2.24, 2.45) is 0 Å². The summed E-state index contributed by atoms with van der Waals surface area (Å²) in [6.07, 6.45) is 3.09. The molecule has 6 nitrogen and oxygen atoms in total. The van der Waals surface area contributed by atoms with E-state index >= 15 is 0 Å². The van der Waals surface area contributed by atoms with E-state index in [1.165, 1.54) is 4.31 Å². The normalized spacial score (nSPS) is 17.5. The van der Waals surface area contributed by atoms with Crippen LogP contribution in [0.25, 0.3) is 0 Å². The van der Waals surface area contributed by atoms with Crippen molar-refractivity contribution in [3.63, 3.8) is 0 Å².